The highest BCUT2D eigenvalue weighted by atomic mass is 14.6. The minimum absolute atomic E-state index is 1.00. The lowest BCUT2D eigenvalue weighted by Gasteiger charge is -2.10. The van der Waals surface area contributed by atoms with E-state index in [0.717, 1.165) is 18.4 Å². The van der Waals surface area contributed by atoms with E-state index < -0.39 is 0 Å². The summed E-state index contributed by atoms with van der Waals surface area (Å²) in [6, 6.07) is 25.5. The van der Waals surface area contributed by atoms with E-state index >= 15 is 0 Å². The van der Waals surface area contributed by atoms with Crippen molar-refractivity contribution in [1.29, 1.82) is 0 Å². The number of rotatable bonds is 5. The first-order valence-corrected chi connectivity index (χ1v) is 8.88. The summed E-state index contributed by atoms with van der Waals surface area (Å²) in [4.78, 5) is 8.48. The van der Waals surface area contributed by atoms with Crippen LogP contribution in [0.4, 0.5) is 0 Å². The quantitative estimate of drug-likeness (QED) is 0.474. The van der Waals surface area contributed by atoms with E-state index in [1.54, 1.807) is 0 Å². The number of hydrogen-bond donors (Lipinski definition) is 0. The fraction of sp³-hybridized carbons (Fsp3) is 0.0833. The molecule has 0 amide bonds. The average Bonchev–Trinajstić information content (AvgIpc) is 2.74. The van der Waals surface area contributed by atoms with Gasteiger partial charge in [0.2, 0.25) is 0 Å². The monoisotopic (exact) mass is 336 g/mol. The molecule has 26 heavy (non-hydrogen) atoms. The Kier molecular flexibility index (Phi) is 4.83. The van der Waals surface area contributed by atoms with Crippen LogP contribution in [0.1, 0.15) is 11.1 Å². The van der Waals surface area contributed by atoms with Gasteiger partial charge in [-0.05, 0) is 52.8 Å². The van der Waals surface area contributed by atoms with Crippen LogP contribution in [0, 0.1) is 0 Å². The first-order chi connectivity index (χ1) is 12.9. The minimum Gasteiger partial charge on any atom is -0.264 e. The molecule has 2 heteroatoms. The molecule has 0 N–H and O–H groups in total. The van der Waals surface area contributed by atoms with Crippen LogP contribution in [0.15, 0.2) is 97.6 Å². The first kappa shape index (κ1) is 16.2. The van der Waals surface area contributed by atoms with Crippen LogP contribution in [0.3, 0.4) is 0 Å². The maximum atomic E-state index is 4.26. The molecule has 0 aliphatic heterocycles. The Hall–Kier alpha value is -3.26. The van der Waals surface area contributed by atoms with Gasteiger partial charge < -0.3 is 0 Å². The third-order valence-corrected chi connectivity index (χ3v) is 4.59. The molecule has 2 aromatic heterocycles. The summed E-state index contributed by atoms with van der Waals surface area (Å²) in [5, 5.41) is 0. The van der Waals surface area contributed by atoms with Crippen molar-refractivity contribution in [2.75, 3.05) is 0 Å². The normalized spacial score (nSPS) is 10.6. The fourth-order valence-corrected chi connectivity index (χ4v) is 3.26. The van der Waals surface area contributed by atoms with Crippen LogP contribution in [-0.4, -0.2) is 9.97 Å². The molecule has 4 rings (SSSR count). The van der Waals surface area contributed by atoms with Crippen LogP contribution in [-0.2, 0) is 12.8 Å². The molecule has 0 saturated carbocycles. The summed E-state index contributed by atoms with van der Waals surface area (Å²) in [5.41, 5.74) is 7.51. The van der Waals surface area contributed by atoms with E-state index in [0.29, 0.717) is 0 Å². The van der Waals surface area contributed by atoms with Crippen molar-refractivity contribution in [1.82, 2.24) is 9.97 Å². The van der Waals surface area contributed by atoms with Crippen molar-refractivity contribution in [3.8, 4) is 22.3 Å². The second-order valence-electron chi connectivity index (χ2n) is 6.34. The van der Waals surface area contributed by atoms with Crippen molar-refractivity contribution in [3.63, 3.8) is 0 Å². The van der Waals surface area contributed by atoms with Crippen LogP contribution < -0.4 is 0 Å². The Balaban J connectivity index is 1.56. The van der Waals surface area contributed by atoms with Gasteiger partial charge in [0.15, 0.2) is 0 Å². The van der Waals surface area contributed by atoms with Crippen LogP contribution >= 0.6 is 0 Å². The summed E-state index contributed by atoms with van der Waals surface area (Å²) in [6.45, 7) is 0. The summed E-state index contributed by atoms with van der Waals surface area (Å²) >= 11 is 0. The van der Waals surface area contributed by atoms with E-state index in [9.17, 15) is 0 Å². The van der Waals surface area contributed by atoms with Gasteiger partial charge in [-0.25, -0.2) is 0 Å². The molecule has 0 radical (unpaired) electrons. The van der Waals surface area contributed by atoms with Gasteiger partial charge in [0.05, 0.1) is 0 Å². The summed E-state index contributed by atoms with van der Waals surface area (Å²) in [5.74, 6) is 0. The molecule has 2 aromatic carbocycles. The second-order valence-corrected chi connectivity index (χ2v) is 6.34. The maximum absolute atomic E-state index is 4.26. The Morgan fingerprint density at radius 1 is 0.577 bits per heavy atom. The lowest BCUT2D eigenvalue weighted by atomic mass is 9.95. The van der Waals surface area contributed by atoms with E-state index in [1.165, 1.54) is 27.8 Å². The molecule has 0 fully saturated rings. The fourth-order valence-electron chi connectivity index (χ4n) is 3.26. The van der Waals surface area contributed by atoms with Gasteiger partial charge in [-0.1, -0.05) is 60.7 Å². The highest BCUT2D eigenvalue weighted by Gasteiger charge is 2.06. The van der Waals surface area contributed by atoms with E-state index in [2.05, 4.69) is 70.6 Å². The zero-order valence-corrected chi connectivity index (χ0v) is 14.5. The van der Waals surface area contributed by atoms with Gasteiger partial charge >= 0.3 is 0 Å². The highest BCUT2D eigenvalue weighted by molar-refractivity contribution is 5.66. The van der Waals surface area contributed by atoms with Gasteiger partial charge in [0.25, 0.3) is 0 Å². The molecule has 0 saturated heterocycles. The Labute approximate surface area is 154 Å². The zero-order chi connectivity index (χ0) is 17.6. The predicted molar refractivity (Wildman–Crippen MR) is 107 cm³/mol. The van der Waals surface area contributed by atoms with E-state index in [-0.39, 0.29) is 0 Å². The SMILES string of the molecule is c1cncc(-c2cccc(CCc3ccccc3-c3cccnc3)c2)c1. The van der Waals surface area contributed by atoms with Crippen LogP contribution in [0.2, 0.25) is 0 Å². The van der Waals surface area contributed by atoms with E-state index in [1.807, 2.05) is 36.9 Å². The molecule has 0 aliphatic rings. The van der Waals surface area contributed by atoms with Crippen molar-refractivity contribution in [3.05, 3.63) is 109 Å². The number of nitrogens with zero attached hydrogens (tertiary/aromatic N) is 2. The molecule has 2 heterocycles. The van der Waals surface area contributed by atoms with Crippen molar-refractivity contribution < 1.29 is 0 Å². The van der Waals surface area contributed by atoms with Gasteiger partial charge in [-0.15, -0.1) is 0 Å². The molecular weight excluding hydrogens is 316 g/mol. The first-order valence-electron chi connectivity index (χ1n) is 8.88. The van der Waals surface area contributed by atoms with E-state index in [4.69, 9.17) is 0 Å². The molecule has 0 bridgehead atoms. The topological polar surface area (TPSA) is 25.8 Å². The van der Waals surface area contributed by atoms with Crippen LogP contribution in [0.5, 0.6) is 0 Å². The second kappa shape index (κ2) is 7.75. The molecule has 2 nitrogen and oxygen atoms in total. The molecule has 0 atom stereocenters. The summed E-state index contributed by atoms with van der Waals surface area (Å²) < 4.78 is 0. The molecule has 0 spiro atoms. The summed E-state index contributed by atoms with van der Waals surface area (Å²) in [7, 11) is 0. The number of pyridine rings is 2. The number of benzene rings is 2. The number of aromatic nitrogens is 2. The molecule has 0 aliphatic carbocycles. The Morgan fingerprint density at radius 2 is 1.31 bits per heavy atom. The standard InChI is InChI=1S/C24H20N2/c1-2-11-24(23-10-5-15-26-18-23)20(7-1)13-12-19-6-3-8-21(16-19)22-9-4-14-25-17-22/h1-11,14-18H,12-13H2. The minimum atomic E-state index is 1.00. The van der Waals surface area contributed by atoms with Crippen molar-refractivity contribution in [2.45, 2.75) is 12.8 Å². The van der Waals surface area contributed by atoms with Crippen molar-refractivity contribution >= 4 is 0 Å². The highest BCUT2D eigenvalue weighted by Crippen LogP contribution is 2.25. The Bertz CT molecular complexity index is 979. The van der Waals surface area contributed by atoms with Crippen LogP contribution in [0.25, 0.3) is 22.3 Å². The molecular formula is C24H20N2. The maximum Gasteiger partial charge on any atom is 0.0346 e. The predicted octanol–water partition coefficient (Wildman–Crippen LogP) is 5.60. The summed E-state index contributed by atoms with van der Waals surface area (Å²) in [6.07, 6.45) is 9.48. The Morgan fingerprint density at radius 3 is 2.08 bits per heavy atom. The lowest BCUT2D eigenvalue weighted by Crippen LogP contribution is -1.95. The number of hydrogen-bond acceptors (Lipinski definition) is 2. The third-order valence-electron chi connectivity index (χ3n) is 4.59. The molecule has 0 unspecified atom stereocenters. The third kappa shape index (κ3) is 3.70. The largest absolute Gasteiger partial charge is 0.264 e. The van der Waals surface area contributed by atoms with Gasteiger partial charge in [-0.3, -0.25) is 9.97 Å². The van der Waals surface area contributed by atoms with Crippen molar-refractivity contribution in [2.24, 2.45) is 0 Å². The van der Waals surface area contributed by atoms with Gasteiger partial charge in [0.1, 0.15) is 0 Å². The number of aryl methyl sites for hydroxylation is 2. The molecule has 126 valence electrons. The zero-order valence-electron chi connectivity index (χ0n) is 14.5. The lowest BCUT2D eigenvalue weighted by molar-refractivity contribution is 0.962. The van der Waals surface area contributed by atoms with Gasteiger partial charge in [-0.2, -0.15) is 0 Å². The average molecular weight is 336 g/mol. The molecule has 4 aromatic rings. The smallest absolute Gasteiger partial charge is 0.0346 e. The van der Waals surface area contributed by atoms with Gasteiger partial charge in [0, 0.05) is 30.4 Å².